The molecule has 0 aliphatic carbocycles. The van der Waals surface area contributed by atoms with Gasteiger partial charge < -0.3 is 14.8 Å². The van der Waals surface area contributed by atoms with E-state index in [1.54, 1.807) is 24.3 Å². The molecule has 1 aromatic heterocycles. The summed E-state index contributed by atoms with van der Waals surface area (Å²) in [4.78, 5) is 36.8. The Hall–Kier alpha value is -3.55. The van der Waals surface area contributed by atoms with Crippen molar-refractivity contribution in [2.24, 2.45) is 0 Å². The van der Waals surface area contributed by atoms with Crippen LogP contribution < -0.4 is 25.9 Å². The van der Waals surface area contributed by atoms with Crippen LogP contribution in [0.5, 0.6) is 11.5 Å². The first-order valence-electron chi connectivity index (χ1n) is 9.76. The Morgan fingerprint density at radius 1 is 1.17 bits per heavy atom. The molecule has 0 bridgehead atoms. The van der Waals surface area contributed by atoms with Gasteiger partial charge >= 0.3 is 0 Å². The number of hydrogen-bond acceptors (Lipinski definition) is 5. The summed E-state index contributed by atoms with van der Waals surface area (Å²) in [6, 6.07) is 12.3. The van der Waals surface area contributed by atoms with Gasteiger partial charge in [0.25, 0.3) is 11.1 Å². The van der Waals surface area contributed by atoms with Crippen LogP contribution in [0.4, 0.5) is 0 Å². The Morgan fingerprint density at radius 3 is 2.73 bits per heavy atom. The molecule has 1 aliphatic rings. The van der Waals surface area contributed by atoms with Gasteiger partial charge in [0.05, 0.1) is 17.3 Å². The number of carbonyl (C=O) groups is 1. The molecular weight excluding hydrogens is 386 g/mol. The Kier molecular flexibility index (Phi) is 5.07. The molecule has 3 aromatic rings. The zero-order chi connectivity index (χ0) is 21.3. The summed E-state index contributed by atoms with van der Waals surface area (Å²) in [5.41, 5.74) is -0.000351. The molecule has 1 aliphatic heterocycles. The molecule has 30 heavy (non-hydrogen) atoms. The van der Waals surface area contributed by atoms with Gasteiger partial charge in [0.1, 0.15) is 18.8 Å². The molecule has 1 amide bonds. The van der Waals surface area contributed by atoms with Gasteiger partial charge in [-0.3, -0.25) is 19.5 Å². The lowest BCUT2D eigenvalue weighted by molar-refractivity contribution is -0.122. The second kappa shape index (κ2) is 7.70. The fourth-order valence-electron chi connectivity index (χ4n) is 3.61. The third-order valence-electron chi connectivity index (χ3n) is 4.92. The number of aromatic amines is 1. The van der Waals surface area contributed by atoms with E-state index in [0.29, 0.717) is 11.1 Å². The molecule has 2 N–H and O–H groups in total. The van der Waals surface area contributed by atoms with Crippen molar-refractivity contribution in [3.8, 4) is 11.5 Å². The molecule has 0 radical (unpaired) electrons. The molecule has 0 saturated heterocycles. The number of hydrogen-bond donors (Lipinski definition) is 2. The predicted octanol–water partition coefficient (Wildman–Crippen LogP) is 1.60. The van der Waals surface area contributed by atoms with E-state index in [2.05, 4.69) is 10.4 Å². The van der Waals surface area contributed by atoms with E-state index < -0.39 is 17.0 Å². The second-order valence-corrected chi connectivity index (χ2v) is 7.86. The molecule has 4 rings (SSSR count). The Morgan fingerprint density at radius 2 is 1.93 bits per heavy atom. The van der Waals surface area contributed by atoms with Gasteiger partial charge in [-0.25, -0.2) is 4.68 Å². The van der Waals surface area contributed by atoms with E-state index in [9.17, 15) is 14.4 Å². The summed E-state index contributed by atoms with van der Waals surface area (Å²) in [7, 11) is 0. The van der Waals surface area contributed by atoms with Crippen molar-refractivity contribution in [1.29, 1.82) is 0 Å². The van der Waals surface area contributed by atoms with Crippen LogP contribution in [0.15, 0.2) is 52.1 Å². The number of nitrogens with one attached hydrogen (secondary N) is 2. The summed E-state index contributed by atoms with van der Waals surface area (Å²) in [5.74, 6) is 0.985. The topological polar surface area (TPSA) is 102 Å². The molecule has 0 atom stereocenters. The summed E-state index contributed by atoms with van der Waals surface area (Å²) in [5, 5.41) is 5.71. The average Bonchev–Trinajstić information content (AvgIpc) is 3.04. The maximum absolute atomic E-state index is 12.5. The molecule has 2 heterocycles. The number of aromatic nitrogens is 2. The number of fused-ring (bicyclic) bond motifs is 2. The molecule has 0 fully saturated rings. The van der Waals surface area contributed by atoms with Gasteiger partial charge in [-0.15, -0.1) is 0 Å². The van der Waals surface area contributed by atoms with E-state index >= 15 is 0 Å². The van der Waals surface area contributed by atoms with Gasteiger partial charge in [-0.1, -0.05) is 24.3 Å². The lowest BCUT2D eigenvalue weighted by Gasteiger charge is -2.18. The maximum atomic E-state index is 12.5. The van der Waals surface area contributed by atoms with Crippen LogP contribution in [0.2, 0.25) is 0 Å². The normalized spacial score (nSPS) is 14.2. The highest BCUT2D eigenvalue weighted by Gasteiger charge is 2.32. The van der Waals surface area contributed by atoms with Crippen LogP contribution in [-0.2, 0) is 17.8 Å². The Bertz CT molecular complexity index is 1230. The van der Waals surface area contributed by atoms with E-state index in [1.807, 2.05) is 32.0 Å². The first-order chi connectivity index (χ1) is 14.3. The lowest BCUT2D eigenvalue weighted by Crippen LogP contribution is -2.37. The highest BCUT2D eigenvalue weighted by Crippen LogP contribution is 2.41. The number of H-pyrrole nitrogens is 1. The molecule has 2 aromatic carbocycles. The van der Waals surface area contributed by atoms with Gasteiger partial charge in [0.2, 0.25) is 5.91 Å². The summed E-state index contributed by atoms with van der Waals surface area (Å²) in [6.45, 7) is 4.26. The van der Waals surface area contributed by atoms with Gasteiger partial charge in [0, 0.05) is 12.0 Å². The zero-order valence-electron chi connectivity index (χ0n) is 16.9. The molecule has 0 unspecified atom stereocenters. The highest BCUT2D eigenvalue weighted by molar-refractivity contribution is 5.81. The standard InChI is InChI=1S/C22H23N3O5/c1-22(2)12-14-6-5-9-17(19(14)30-22)29-11-10-23-18(26)13-25-21(28)16-8-4-3-7-15(16)20(27)24-25/h3-9H,10-13H2,1-2H3,(H,23,26)(H,24,27). The molecule has 156 valence electrons. The van der Waals surface area contributed by atoms with Crippen molar-refractivity contribution in [3.05, 3.63) is 68.7 Å². The first-order valence-corrected chi connectivity index (χ1v) is 9.76. The number of amides is 1. The molecule has 0 saturated carbocycles. The van der Waals surface area contributed by atoms with E-state index in [4.69, 9.17) is 9.47 Å². The van der Waals surface area contributed by atoms with E-state index in [1.165, 1.54) is 0 Å². The molecule has 8 heteroatoms. The number of para-hydroxylation sites is 1. The van der Waals surface area contributed by atoms with Gasteiger partial charge in [-0.05, 0) is 32.0 Å². The number of carbonyl (C=O) groups excluding carboxylic acids is 1. The second-order valence-electron chi connectivity index (χ2n) is 7.86. The fraction of sp³-hybridized carbons (Fsp3) is 0.318. The number of rotatable bonds is 6. The average molecular weight is 409 g/mol. The van der Waals surface area contributed by atoms with Gasteiger partial charge in [-0.2, -0.15) is 0 Å². The van der Waals surface area contributed by atoms with Crippen LogP contribution in [0.1, 0.15) is 19.4 Å². The summed E-state index contributed by atoms with van der Waals surface area (Å²) >= 11 is 0. The van der Waals surface area contributed by atoms with Crippen LogP contribution in [0, 0.1) is 0 Å². The minimum absolute atomic E-state index is 0.245. The van der Waals surface area contributed by atoms with E-state index in [0.717, 1.165) is 22.4 Å². The van der Waals surface area contributed by atoms with Crippen LogP contribution in [0.25, 0.3) is 10.8 Å². The molecular formula is C22H23N3O5. The first kappa shape index (κ1) is 19.8. The van der Waals surface area contributed by atoms with Crippen molar-refractivity contribution < 1.29 is 14.3 Å². The van der Waals surface area contributed by atoms with E-state index in [-0.39, 0.29) is 30.7 Å². The van der Waals surface area contributed by atoms with Crippen LogP contribution >= 0.6 is 0 Å². The minimum atomic E-state index is -0.420. The van der Waals surface area contributed by atoms with Crippen LogP contribution in [-0.4, -0.2) is 34.4 Å². The van der Waals surface area contributed by atoms with Crippen molar-refractivity contribution >= 4 is 16.7 Å². The Balaban J connectivity index is 1.35. The Labute approximate surface area is 172 Å². The predicted molar refractivity (Wildman–Crippen MR) is 112 cm³/mol. The number of benzene rings is 2. The zero-order valence-corrected chi connectivity index (χ0v) is 16.9. The van der Waals surface area contributed by atoms with Crippen molar-refractivity contribution in [2.45, 2.75) is 32.4 Å². The van der Waals surface area contributed by atoms with Crippen molar-refractivity contribution in [3.63, 3.8) is 0 Å². The van der Waals surface area contributed by atoms with Crippen molar-refractivity contribution in [2.75, 3.05) is 13.2 Å². The molecule has 0 spiro atoms. The lowest BCUT2D eigenvalue weighted by atomic mass is 10.0. The minimum Gasteiger partial charge on any atom is -0.488 e. The SMILES string of the molecule is CC1(C)Cc2cccc(OCCNC(=O)Cn3[nH]c(=O)c4ccccc4c3=O)c2O1. The molecule has 8 nitrogen and oxygen atoms in total. The highest BCUT2D eigenvalue weighted by atomic mass is 16.5. The van der Waals surface area contributed by atoms with Crippen molar-refractivity contribution in [1.82, 2.24) is 15.1 Å². The summed E-state index contributed by atoms with van der Waals surface area (Å²) in [6.07, 6.45) is 0.814. The monoisotopic (exact) mass is 409 g/mol. The smallest absolute Gasteiger partial charge is 0.273 e. The number of ether oxygens (including phenoxy) is 2. The third-order valence-corrected chi connectivity index (χ3v) is 4.92. The number of nitrogens with zero attached hydrogens (tertiary/aromatic N) is 1. The fourth-order valence-corrected chi connectivity index (χ4v) is 3.61. The third kappa shape index (κ3) is 3.94. The largest absolute Gasteiger partial charge is 0.488 e. The maximum Gasteiger partial charge on any atom is 0.273 e. The van der Waals surface area contributed by atoms with Crippen LogP contribution in [0.3, 0.4) is 0 Å². The quantitative estimate of drug-likeness (QED) is 0.602. The van der Waals surface area contributed by atoms with Gasteiger partial charge in [0.15, 0.2) is 11.5 Å². The summed E-state index contributed by atoms with van der Waals surface area (Å²) < 4.78 is 12.7.